The second-order valence-corrected chi connectivity index (χ2v) is 5.31. The Hall–Kier alpha value is -0.980. The smallest absolute Gasteiger partial charge is 0.419 e. The van der Waals surface area contributed by atoms with Gasteiger partial charge in [-0.25, -0.2) is 0 Å². The molecule has 2 rings (SSSR count). The lowest BCUT2D eigenvalue weighted by molar-refractivity contribution is -0.274. The fourth-order valence-electron chi connectivity index (χ4n) is 2.63. The van der Waals surface area contributed by atoms with Crippen LogP contribution in [0.5, 0.6) is 5.75 Å². The molecule has 0 fully saturated rings. The van der Waals surface area contributed by atoms with Gasteiger partial charge in [-0.3, -0.25) is 0 Å². The van der Waals surface area contributed by atoms with Crippen LogP contribution in [0.4, 0.5) is 13.2 Å². The molecule has 7 heteroatoms. The highest BCUT2D eigenvalue weighted by atomic mass is 35.5. The quantitative estimate of drug-likeness (QED) is 0.689. The van der Waals surface area contributed by atoms with E-state index in [9.17, 15) is 23.4 Å². The fraction of sp³-hybridized carbons (Fsp3) is 0.500. The predicted octanol–water partition coefficient (Wildman–Crippen LogP) is 2.85. The van der Waals surface area contributed by atoms with Crippen LogP contribution < -0.4 is 5.73 Å². The molecule has 0 amide bonds. The molecule has 1 aliphatic rings. The Morgan fingerprint density at radius 2 is 2.00 bits per heavy atom. The van der Waals surface area contributed by atoms with Gasteiger partial charge in [0.2, 0.25) is 0 Å². The third-order valence-electron chi connectivity index (χ3n) is 3.65. The predicted molar refractivity (Wildman–Crippen MR) is 64.1 cm³/mol. The van der Waals surface area contributed by atoms with Crippen LogP contribution in [0, 0.1) is 0 Å². The van der Waals surface area contributed by atoms with E-state index in [1.54, 1.807) is 0 Å². The normalized spacial score (nSPS) is 31.1. The molecule has 0 unspecified atom stereocenters. The number of hydrogen-bond donors (Lipinski definition) is 3. The van der Waals surface area contributed by atoms with Crippen molar-refractivity contribution in [3.05, 3.63) is 28.3 Å². The van der Waals surface area contributed by atoms with E-state index in [1.807, 2.05) is 0 Å². The van der Waals surface area contributed by atoms with E-state index in [1.165, 1.54) is 19.1 Å². The van der Waals surface area contributed by atoms with Gasteiger partial charge >= 0.3 is 6.18 Å². The molecule has 0 saturated carbocycles. The molecule has 0 saturated heterocycles. The van der Waals surface area contributed by atoms with Crippen molar-refractivity contribution < 1.29 is 23.4 Å². The minimum absolute atomic E-state index is 0.0512. The average Bonchev–Trinajstić information content (AvgIpc) is 2.28. The lowest BCUT2D eigenvalue weighted by atomic mass is 9.71. The number of nitrogens with two attached hydrogens (primary N) is 1. The zero-order chi connectivity index (χ0) is 14.6. The van der Waals surface area contributed by atoms with Gasteiger partial charge in [-0.05, 0) is 24.0 Å². The first kappa shape index (κ1) is 14.4. The molecule has 3 atom stereocenters. The molecule has 106 valence electrons. The molecule has 0 spiro atoms. The lowest BCUT2D eigenvalue weighted by Gasteiger charge is -2.43. The van der Waals surface area contributed by atoms with Crippen LogP contribution in [0.2, 0.25) is 5.02 Å². The first-order valence-corrected chi connectivity index (χ1v) is 6.03. The van der Waals surface area contributed by atoms with Crippen molar-refractivity contribution in [1.82, 2.24) is 0 Å². The SMILES string of the molecule is C[C@H]1C[C@](O)(C(F)(F)F)[C@@H](N)c2ccc(Cl)c(O)c21. The lowest BCUT2D eigenvalue weighted by Crippen LogP contribution is -2.56. The average molecular weight is 296 g/mol. The summed E-state index contributed by atoms with van der Waals surface area (Å²) in [6, 6.07) is 0.931. The highest BCUT2D eigenvalue weighted by molar-refractivity contribution is 6.32. The van der Waals surface area contributed by atoms with E-state index in [-0.39, 0.29) is 21.9 Å². The molecule has 3 nitrogen and oxygen atoms in total. The van der Waals surface area contributed by atoms with Gasteiger partial charge in [-0.2, -0.15) is 13.2 Å². The molecule has 0 aromatic heterocycles. The van der Waals surface area contributed by atoms with E-state index in [0.29, 0.717) is 0 Å². The summed E-state index contributed by atoms with van der Waals surface area (Å²) in [5.74, 6) is -0.980. The van der Waals surface area contributed by atoms with E-state index in [0.717, 1.165) is 0 Å². The zero-order valence-corrected chi connectivity index (χ0v) is 10.8. The summed E-state index contributed by atoms with van der Waals surface area (Å²) in [6.07, 6.45) is -5.45. The number of fused-ring (bicyclic) bond motifs is 1. The molecule has 0 aliphatic heterocycles. The monoisotopic (exact) mass is 295 g/mol. The van der Waals surface area contributed by atoms with Crippen LogP contribution >= 0.6 is 11.6 Å². The van der Waals surface area contributed by atoms with Crippen molar-refractivity contribution in [3.8, 4) is 5.75 Å². The highest BCUT2D eigenvalue weighted by Crippen LogP contribution is 2.52. The van der Waals surface area contributed by atoms with Gasteiger partial charge in [-0.1, -0.05) is 24.6 Å². The highest BCUT2D eigenvalue weighted by Gasteiger charge is 2.60. The number of benzene rings is 1. The number of rotatable bonds is 0. The van der Waals surface area contributed by atoms with Gasteiger partial charge in [0.1, 0.15) is 5.75 Å². The molecule has 0 radical (unpaired) electrons. The van der Waals surface area contributed by atoms with E-state index in [2.05, 4.69) is 0 Å². The first-order chi connectivity index (χ1) is 8.59. The Morgan fingerprint density at radius 1 is 1.42 bits per heavy atom. The summed E-state index contributed by atoms with van der Waals surface area (Å²) >= 11 is 5.74. The van der Waals surface area contributed by atoms with Gasteiger partial charge in [0.15, 0.2) is 5.60 Å². The van der Waals surface area contributed by atoms with Crippen LogP contribution in [0.15, 0.2) is 12.1 Å². The molecule has 0 bridgehead atoms. The van der Waals surface area contributed by atoms with Crippen molar-refractivity contribution in [3.63, 3.8) is 0 Å². The van der Waals surface area contributed by atoms with Gasteiger partial charge in [0.05, 0.1) is 11.1 Å². The summed E-state index contributed by atoms with van der Waals surface area (Å²) in [5.41, 5.74) is 2.91. The summed E-state index contributed by atoms with van der Waals surface area (Å²) < 4.78 is 39.0. The first-order valence-electron chi connectivity index (χ1n) is 5.65. The fourth-order valence-corrected chi connectivity index (χ4v) is 2.80. The van der Waals surface area contributed by atoms with E-state index >= 15 is 0 Å². The Balaban J connectivity index is 2.63. The Kier molecular flexibility index (Phi) is 3.24. The number of phenols is 1. The molecule has 1 aliphatic carbocycles. The summed E-state index contributed by atoms with van der Waals surface area (Å²) in [5, 5.41) is 19.8. The number of aromatic hydroxyl groups is 1. The minimum atomic E-state index is -4.84. The van der Waals surface area contributed by atoms with Gasteiger partial charge in [0.25, 0.3) is 0 Å². The number of aliphatic hydroxyl groups is 1. The van der Waals surface area contributed by atoms with Crippen LogP contribution in [-0.2, 0) is 0 Å². The van der Waals surface area contributed by atoms with Crippen molar-refractivity contribution >= 4 is 11.6 Å². The van der Waals surface area contributed by atoms with Crippen molar-refractivity contribution in [2.24, 2.45) is 5.73 Å². The Labute approximate surface area is 112 Å². The molecular formula is C12H13ClF3NO2. The van der Waals surface area contributed by atoms with Crippen molar-refractivity contribution in [2.45, 2.75) is 37.1 Å². The summed E-state index contributed by atoms with van der Waals surface area (Å²) in [6.45, 7) is 1.48. The van der Waals surface area contributed by atoms with Crippen LogP contribution in [-0.4, -0.2) is 22.0 Å². The van der Waals surface area contributed by atoms with E-state index < -0.39 is 30.2 Å². The molecule has 1 aromatic rings. The Bertz CT molecular complexity index is 520. The van der Waals surface area contributed by atoms with Crippen LogP contribution in [0.3, 0.4) is 0 Å². The maximum Gasteiger partial charge on any atom is 0.419 e. The molecule has 0 heterocycles. The number of halogens is 4. The topological polar surface area (TPSA) is 66.5 Å². The number of alkyl halides is 3. The second kappa shape index (κ2) is 4.26. The van der Waals surface area contributed by atoms with Gasteiger partial charge in [-0.15, -0.1) is 0 Å². The maximum atomic E-state index is 13.0. The largest absolute Gasteiger partial charge is 0.506 e. The van der Waals surface area contributed by atoms with Crippen LogP contribution in [0.25, 0.3) is 0 Å². The third kappa shape index (κ3) is 1.98. The van der Waals surface area contributed by atoms with Crippen LogP contribution in [0.1, 0.15) is 36.4 Å². The maximum absolute atomic E-state index is 13.0. The zero-order valence-electron chi connectivity index (χ0n) is 10.0. The molecular weight excluding hydrogens is 283 g/mol. The van der Waals surface area contributed by atoms with Gasteiger partial charge < -0.3 is 15.9 Å². The second-order valence-electron chi connectivity index (χ2n) is 4.90. The van der Waals surface area contributed by atoms with Crippen molar-refractivity contribution in [1.29, 1.82) is 0 Å². The van der Waals surface area contributed by atoms with E-state index in [4.69, 9.17) is 17.3 Å². The third-order valence-corrected chi connectivity index (χ3v) is 3.96. The molecule has 4 N–H and O–H groups in total. The summed E-state index contributed by atoms with van der Waals surface area (Å²) in [4.78, 5) is 0. The summed E-state index contributed by atoms with van der Waals surface area (Å²) in [7, 11) is 0. The number of hydrogen-bond acceptors (Lipinski definition) is 3. The molecule has 19 heavy (non-hydrogen) atoms. The van der Waals surface area contributed by atoms with Gasteiger partial charge in [0, 0.05) is 5.56 Å². The number of phenolic OH excluding ortho intramolecular Hbond substituents is 1. The Morgan fingerprint density at radius 3 is 2.53 bits per heavy atom. The minimum Gasteiger partial charge on any atom is -0.506 e. The molecule has 1 aromatic carbocycles. The standard InChI is InChI=1S/C12H13ClF3NO2/c1-5-4-11(19,12(14,15)16)10(17)6-2-3-7(13)9(18)8(5)6/h2-3,5,10,18-19H,4,17H2,1H3/t5-,10-,11+/m0/s1. The van der Waals surface area contributed by atoms with Crippen molar-refractivity contribution in [2.75, 3.05) is 0 Å².